The van der Waals surface area contributed by atoms with Gasteiger partial charge in [0, 0.05) is 49.1 Å². The van der Waals surface area contributed by atoms with Crippen LogP contribution >= 0.6 is 18.5 Å². The molecule has 172 valence electrons. The molecule has 4 rings (SSSR count). The molecular weight excluding hydrogens is 459 g/mol. The molecule has 0 atom stereocenters. The van der Waals surface area contributed by atoms with Gasteiger partial charge < -0.3 is 24.2 Å². The first-order chi connectivity index (χ1) is 15.5. The molecule has 0 unspecified atom stereocenters. The van der Waals surface area contributed by atoms with Crippen molar-refractivity contribution >= 4 is 39.9 Å². The summed E-state index contributed by atoms with van der Waals surface area (Å²) in [5.74, 6) is 0.629. The largest absolute Gasteiger partial charge is 0.437 e. The summed E-state index contributed by atoms with van der Waals surface area (Å²) in [4.78, 5) is 33.0. The van der Waals surface area contributed by atoms with E-state index in [9.17, 15) is 14.2 Å². The number of carbonyl (C=O) groups excluding carboxylic acids is 1. The van der Waals surface area contributed by atoms with Crippen molar-refractivity contribution in [3.05, 3.63) is 57.8 Å². The number of ether oxygens (including phenoxy) is 1. The second-order valence-electron chi connectivity index (χ2n) is 8.38. The van der Waals surface area contributed by atoms with E-state index < -0.39 is 7.14 Å². The number of aromatic nitrogens is 3. The van der Waals surface area contributed by atoms with Crippen molar-refractivity contribution in [2.24, 2.45) is 7.05 Å². The van der Waals surface area contributed by atoms with Crippen LogP contribution in [0.2, 0.25) is 0 Å². The van der Waals surface area contributed by atoms with Crippen LogP contribution in [0.4, 0.5) is 0 Å². The fraction of sp³-hybridized carbons (Fsp3) is 0.261. The van der Waals surface area contributed by atoms with Crippen LogP contribution in [0.3, 0.4) is 0 Å². The number of nitrogens with one attached hydrogen (secondary N) is 2. The zero-order chi connectivity index (χ0) is 24.1. The predicted octanol–water partition coefficient (Wildman–Crippen LogP) is 4.01. The number of thiophene rings is 1. The number of rotatable bonds is 5. The second-order valence-corrected chi connectivity index (χ2v) is 12.9. The van der Waals surface area contributed by atoms with Gasteiger partial charge >= 0.3 is 0 Å². The molecule has 4 heterocycles. The second kappa shape index (κ2) is 8.32. The van der Waals surface area contributed by atoms with E-state index in [1.165, 1.54) is 23.0 Å². The molecular formula is C23H25N4O4PS. The van der Waals surface area contributed by atoms with Crippen molar-refractivity contribution in [2.45, 2.75) is 13.8 Å². The topological polar surface area (TPSA) is 106 Å². The first-order valence-corrected chi connectivity index (χ1v) is 13.7. The van der Waals surface area contributed by atoms with Crippen molar-refractivity contribution in [1.82, 2.24) is 19.9 Å². The molecule has 0 fully saturated rings. The average molecular weight is 485 g/mol. The van der Waals surface area contributed by atoms with Gasteiger partial charge in [0.2, 0.25) is 5.88 Å². The Hall–Kier alpha value is -3.16. The molecule has 4 aromatic rings. The highest BCUT2D eigenvalue weighted by Gasteiger charge is 2.24. The zero-order valence-corrected chi connectivity index (χ0v) is 21.0. The molecule has 0 aromatic carbocycles. The van der Waals surface area contributed by atoms with Crippen LogP contribution in [-0.2, 0) is 11.6 Å². The van der Waals surface area contributed by atoms with Gasteiger partial charge in [0.05, 0.1) is 9.50 Å². The van der Waals surface area contributed by atoms with Gasteiger partial charge in [-0.3, -0.25) is 9.59 Å². The Bertz CT molecular complexity index is 1510. The number of nitrogens with zero attached hydrogens (tertiary/aromatic N) is 2. The fourth-order valence-electron chi connectivity index (χ4n) is 3.58. The van der Waals surface area contributed by atoms with Crippen molar-refractivity contribution in [2.75, 3.05) is 20.4 Å². The molecule has 0 spiro atoms. The number of hydrogen-bond donors (Lipinski definition) is 2. The summed E-state index contributed by atoms with van der Waals surface area (Å²) >= 11 is 1.35. The van der Waals surface area contributed by atoms with Crippen molar-refractivity contribution in [3.8, 4) is 22.1 Å². The molecule has 8 nitrogen and oxygen atoms in total. The van der Waals surface area contributed by atoms with Gasteiger partial charge in [-0.2, -0.15) is 0 Å². The number of pyridine rings is 2. The molecule has 0 aliphatic carbocycles. The Morgan fingerprint density at radius 1 is 1.24 bits per heavy atom. The normalized spacial score (nSPS) is 11.7. The number of aryl methyl sites for hydroxylation is 3. The Balaban J connectivity index is 1.98. The van der Waals surface area contributed by atoms with Gasteiger partial charge in [-0.15, -0.1) is 11.3 Å². The standard InChI is InChI=1S/C23H25N4O4PS/c1-12-7-13(2)22(25-10-12)31-17-9-18(32(5,6)30)33-20(17)15-11-27(4)23(29)19-14(15)8-16(26-19)21(28)24-3/h7-11,26H,1-6H3,(H,24,28). The van der Waals surface area contributed by atoms with E-state index in [1.54, 1.807) is 44.9 Å². The van der Waals surface area contributed by atoms with Crippen molar-refractivity contribution in [3.63, 3.8) is 0 Å². The van der Waals surface area contributed by atoms with E-state index >= 15 is 0 Å². The number of carbonyl (C=O) groups is 1. The number of aromatic amines is 1. The third kappa shape index (κ3) is 4.26. The summed E-state index contributed by atoms with van der Waals surface area (Å²) in [5, 5.41) is 3.16. The summed E-state index contributed by atoms with van der Waals surface area (Å²) < 4.78 is 21.3. The van der Waals surface area contributed by atoms with E-state index in [-0.39, 0.29) is 17.2 Å². The number of hydrogen-bond acceptors (Lipinski definition) is 6. The summed E-state index contributed by atoms with van der Waals surface area (Å²) in [5.41, 5.74) is 2.93. The van der Waals surface area contributed by atoms with E-state index in [0.29, 0.717) is 37.6 Å². The maximum absolute atomic E-state index is 12.9. The molecule has 2 N–H and O–H groups in total. The van der Waals surface area contributed by atoms with Crippen LogP contribution < -0.4 is 20.2 Å². The van der Waals surface area contributed by atoms with Crippen LogP contribution in [0, 0.1) is 13.8 Å². The molecule has 0 bridgehead atoms. The van der Waals surface area contributed by atoms with Gasteiger partial charge in [0.15, 0.2) is 0 Å². The molecule has 0 saturated carbocycles. The maximum atomic E-state index is 12.9. The molecule has 4 aromatic heterocycles. The van der Waals surface area contributed by atoms with E-state index in [2.05, 4.69) is 15.3 Å². The van der Waals surface area contributed by atoms with Crippen molar-refractivity contribution in [1.29, 1.82) is 0 Å². The lowest BCUT2D eigenvalue weighted by Gasteiger charge is -2.10. The lowest BCUT2D eigenvalue weighted by Crippen LogP contribution is -2.19. The maximum Gasteiger partial charge on any atom is 0.274 e. The van der Waals surface area contributed by atoms with Gasteiger partial charge in [0.25, 0.3) is 11.5 Å². The number of amides is 1. The van der Waals surface area contributed by atoms with Gasteiger partial charge in [-0.1, -0.05) is 0 Å². The molecule has 0 aliphatic rings. The highest BCUT2D eigenvalue weighted by molar-refractivity contribution is 7.75. The molecule has 1 amide bonds. The molecule has 33 heavy (non-hydrogen) atoms. The SMILES string of the molecule is CNC(=O)c1cc2c(-c3sc(P(C)(C)=O)cc3Oc3ncc(C)cc3C)cn(C)c(=O)c2[nH]1. The monoisotopic (exact) mass is 484 g/mol. The highest BCUT2D eigenvalue weighted by Crippen LogP contribution is 2.47. The van der Waals surface area contributed by atoms with Crippen LogP contribution in [-0.4, -0.2) is 40.8 Å². The van der Waals surface area contributed by atoms with Crippen LogP contribution in [0.5, 0.6) is 11.6 Å². The quantitative estimate of drug-likeness (QED) is 0.417. The predicted molar refractivity (Wildman–Crippen MR) is 133 cm³/mol. The van der Waals surface area contributed by atoms with Crippen LogP contribution in [0.1, 0.15) is 21.6 Å². The first-order valence-electron chi connectivity index (χ1n) is 10.2. The zero-order valence-electron chi connectivity index (χ0n) is 19.3. The van der Waals surface area contributed by atoms with E-state index in [0.717, 1.165) is 11.1 Å². The average Bonchev–Trinajstić information content (AvgIpc) is 3.37. The lowest BCUT2D eigenvalue weighted by atomic mass is 10.1. The van der Waals surface area contributed by atoms with E-state index in [1.807, 2.05) is 19.9 Å². The third-order valence-electron chi connectivity index (χ3n) is 5.27. The fourth-order valence-corrected chi connectivity index (χ4v) is 6.01. The lowest BCUT2D eigenvalue weighted by molar-refractivity contribution is 0.0959. The third-order valence-corrected chi connectivity index (χ3v) is 9.01. The minimum absolute atomic E-state index is 0.254. The summed E-state index contributed by atoms with van der Waals surface area (Å²) in [6, 6.07) is 5.41. The number of fused-ring (bicyclic) bond motifs is 1. The van der Waals surface area contributed by atoms with Gasteiger partial charge in [0.1, 0.15) is 24.1 Å². The van der Waals surface area contributed by atoms with Gasteiger partial charge in [-0.05, 0) is 44.9 Å². The van der Waals surface area contributed by atoms with Crippen molar-refractivity contribution < 1.29 is 14.1 Å². The van der Waals surface area contributed by atoms with Gasteiger partial charge in [-0.25, -0.2) is 4.98 Å². The van der Waals surface area contributed by atoms with E-state index in [4.69, 9.17) is 4.74 Å². The summed E-state index contributed by atoms with van der Waals surface area (Å²) in [6.07, 6.45) is 3.44. The molecule has 10 heteroatoms. The minimum Gasteiger partial charge on any atom is -0.437 e. The Kier molecular flexibility index (Phi) is 5.80. The molecule has 0 saturated heterocycles. The highest BCUT2D eigenvalue weighted by atomic mass is 32.1. The molecule has 0 radical (unpaired) electrons. The van der Waals surface area contributed by atoms with Crippen LogP contribution in [0.25, 0.3) is 21.3 Å². The number of H-pyrrole nitrogens is 1. The summed E-state index contributed by atoms with van der Waals surface area (Å²) in [7, 11) is 0.590. The summed E-state index contributed by atoms with van der Waals surface area (Å²) in [6.45, 7) is 7.29. The minimum atomic E-state index is -2.59. The Labute approximate surface area is 195 Å². The van der Waals surface area contributed by atoms with Crippen LogP contribution in [0.15, 0.2) is 35.4 Å². The molecule has 0 aliphatic heterocycles. The Morgan fingerprint density at radius 3 is 2.61 bits per heavy atom. The Morgan fingerprint density at radius 2 is 1.97 bits per heavy atom. The first kappa shape index (κ1) is 23.0. The smallest absolute Gasteiger partial charge is 0.274 e.